The average Bonchev–Trinajstić information content (AvgIpc) is 2.68. The van der Waals surface area contributed by atoms with Gasteiger partial charge in [-0.15, -0.1) is 0 Å². The van der Waals surface area contributed by atoms with E-state index in [-0.39, 0.29) is 25.2 Å². The summed E-state index contributed by atoms with van der Waals surface area (Å²) in [7, 11) is 0. The summed E-state index contributed by atoms with van der Waals surface area (Å²) in [6.07, 6.45) is 8.90. The van der Waals surface area contributed by atoms with E-state index in [1.54, 1.807) is 0 Å². The Bertz CT molecular complexity index is 473. The molecule has 2 aliphatic carbocycles. The van der Waals surface area contributed by atoms with Crippen LogP contribution in [0.4, 0.5) is 0 Å². The van der Waals surface area contributed by atoms with Crippen molar-refractivity contribution in [1.29, 1.82) is 0 Å². The van der Waals surface area contributed by atoms with Crippen molar-refractivity contribution >= 4 is 11.7 Å². The maximum absolute atomic E-state index is 12.1. The normalized spacial score (nSPS) is 28.4. The fraction of sp³-hybridized carbons (Fsp3) is 0.913. The summed E-state index contributed by atoms with van der Waals surface area (Å²) in [5.74, 6) is 2.06. The van der Waals surface area contributed by atoms with Gasteiger partial charge in [0.15, 0.2) is 0 Å². The zero-order chi connectivity index (χ0) is 20.4. The Hall–Kier alpha value is -0.940. The predicted octanol–water partition coefficient (Wildman–Crippen LogP) is 4.38. The molecule has 1 atom stereocenters. The highest BCUT2D eigenvalue weighted by Gasteiger charge is 2.36. The van der Waals surface area contributed by atoms with Crippen LogP contribution in [-0.2, 0) is 19.1 Å². The van der Waals surface area contributed by atoms with E-state index in [4.69, 9.17) is 9.47 Å². The molecule has 0 radical (unpaired) electrons. The SMILES string of the molecule is CCCOCC1CCC(COCCC(=O)NC2CC(C(=O)C(C)CC)C2)CC1.[HH]. The highest BCUT2D eigenvalue weighted by molar-refractivity contribution is 5.84. The van der Waals surface area contributed by atoms with Gasteiger partial charge in [-0.25, -0.2) is 0 Å². The maximum Gasteiger partial charge on any atom is 0.222 e. The average molecular weight is 398 g/mol. The number of ether oxygens (including phenoxy) is 2. The molecule has 0 bridgehead atoms. The van der Waals surface area contributed by atoms with Crippen LogP contribution in [0, 0.1) is 23.7 Å². The van der Waals surface area contributed by atoms with E-state index < -0.39 is 0 Å². The van der Waals surface area contributed by atoms with Crippen molar-refractivity contribution in [1.82, 2.24) is 5.32 Å². The summed E-state index contributed by atoms with van der Waals surface area (Å²) < 4.78 is 11.4. The molecule has 0 heterocycles. The second-order valence-corrected chi connectivity index (χ2v) is 8.93. The van der Waals surface area contributed by atoms with E-state index in [0.717, 1.165) is 45.5 Å². The molecule has 0 aromatic heterocycles. The first-order valence-corrected chi connectivity index (χ1v) is 11.5. The lowest BCUT2D eigenvalue weighted by Gasteiger charge is -2.36. The molecule has 5 heteroatoms. The molecule has 1 N–H and O–H groups in total. The van der Waals surface area contributed by atoms with Crippen LogP contribution < -0.4 is 5.32 Å². The fourth-order valence-corrected chi connectivity index (χ4v) is 4.25. The standard InChI is InChI=1S/C23H41NO4.H2/c1-4-11-27-15-18-6-8-19(9-7-18)16-28-12-10-22(25)24-21-13-20(14-21)23(26)17(3)5-2;/h17-21H,4-16H2,1-3H3,(H,24,25);1H. The highest BCUT2D eigenvalue weighted by atomic mass is 16.5. The summed E-state index contributed by atoms with van der Waals surface area (Å²) >= 11 is 0. The number of Topliss-reactive ketones (excluding diaryl/α,β-unsaturated/α-hetero) is 1. The molecule has 0 saturated heterocycles. The Morgan fingerprint density at radius 3 is 2.11 bits per heavy atom. The number of amides is 1. The molecule has 164 valence electrons. The zero-order valence-electron chi connectivity index (χ0n) is 18.2. The zero-order valence-corrected chi connectivity index (χ0v) is 18.2. The quantitative estimate of drug-likeness (QED) is 0.468. The summed E-state index contributed by atoms with van der Waals surface area (Å²) in [5.41, 5.74) is 0. The molecule has 2 fully saturated rings. The molecule has 0 spiro atoms. The Morgan fingerprint density at radius 2 is 1.57 bits per heavy atom. The number of hydrogen-bond donors (Lipinski definition) is 1. The summed E-state index contributed by atoms with van der Waals surface area (Å²) in [5, 5.41) is 3.04. The van der Waals surface area contributed by atoms with Crippen LogP contribution in [0.1, 0.15) is 80.0 Å². The number of ketones is 1. The topological polar surface area (TPSA) is 64.6 Å². The Balaban J connectivity index is 0.00000420. The molecule has 2 rings (SSSR count). The van der Waals surface area contributed by atoms with Crippen LogP contribution in [-0.4, -0.2) is 44.2 Å². The minimum atomic E-state index is 0. The van der Waals surface area contributed by atoms with Crippen LogP contribution in [0.3, 0.4) is 0 Å². The van der Waals surface area contributed by atoms with E-state index >= 15 is 0 Å². The van der Waals surface area contributed by atoms with Gasteiger partial charge >= 0.3 is 0 Å². The van der Waals surface area contributed by atoms with Gasteiger partial charge in [0.2, 0.25) is 5.91 Å². The van der Waals surface area contributed by atoms with E-state index in [2.05, 4.69) is 12.2 Å². The molecule has 28 heavy (non-hydrogen) atoms. The van der Waals surface area contributed by atoms with E-state index in [0.29, 0.717) is 30.6 Å². The molecule has 0 aromatic carbocycles. The lowest BCUT2D eigenvalue weighted by molar-refractivity contribution is -0.132. The second kappa shape index (κ2) is 12.6. The van der Waals surface area contributed by atoms with Crippen molar-refractivity contribution in [2.45, 2.75) is 84.6 Å². The number of nitrogens with one attached hydrogen (secondary N) is 1. The van der Waals surface area contributed by atoms with Gasteiger partial charge in [0, 0.05) is 45.5 Å². The van der Waals surface area contributed by atoms with Crippen LogP contribution in [0.2, 0.25) is 0 Å². The lowest BCUT2D eigenvalue weighted by Crippen LogP contribution is -2.47. The third kappa shape index (κ3) is 7.82. The first-order chi connectivity index (χ1) is 13.5. The number of hydrogen-bond acceptors (Lipinski definition) is 4. The minimum absolute atomic E-state index is 0. The lowest BCUT2D eigenvalue weighted by atomic mass is 9.74. The molecule has 0 aromatic rings. The molecular weight excluding hydrogens is 354 g/mol. The maximum atomic E-state index is 12.1. The van der Waals surface area contributed by atoms with Gasteiger partial charge in [0.25, 0.3) is 0 Å². The minimum Gasteiger partial charge on any atom is -0.381 e. The Kier molecular flexibility index (Phi) is 10.5. The van der Waals surface area contributed by atoms with Gasteiger partial charge in [0.1, 0.15) is 5.78 Å². The van der Waals surface area contributed by atoms with Gasteiger partial charge in [-0.2, -0.15) is 0 Å². The van der Waals surface area contributed by atoms with Crippen molar-refractivity contribution in [3.8, 4) is 0 Å². The largest absolute Gasteiger partial charge is 0.381 e. The van der Waals surface area contributed by atoms with Crippen LogP contribution in [0.25, 0.3) is 0 Å². The monoisotopic (exact) mass is 397 g/mol. The smallest absolute Gasteiger partial charge is 0.222 e. The van der Waals surface area contributed by atoms with Crippen LogP contribution in [0.5, 0.6) is 0 Å². The molecule has 2 saturated carbocycles. The molecule has 1 amide bonds. The molecule has 1 unspecified atom stereocenters. The fourth-order valence-electron chi connectivity index (χ4n) is 4.25. The number of carbonyl (C=O) groups is 2. The van der Waals surface area contributed by atoms with Gasteiger partial charge in [-0.1, -0.05) is 20.8 Å². The number of rotatable bonds is 13. The van der Waals surface area contributed by atoms with Gasteiger partial charge in [-0.3, -0.25) is 9.59 Å². The highest BCUT2D eigenvalue weighted by Crippen LogP contribution is 2.31. The predicted molar refractivity (Wildman–Crippen MR) is 113 cm³/mol. The Labute approximate surface area is 172 Å². The number of carbonyl (C=O) groups excluding carboxylic acids is 2. The van der Waals surface area contributed by atoms with Crippen molar-refractivity contribution in [3.63, 3.8) is 0 Å². The first-order valence-electron chi connectivity index (χ1n) is 11.5. The first kappa shape index (κ1) is 23.3. The van der Waals surface area contributed by atoms with Crippen LogP contribution >= 0.6 is 0 Å². The van der Waals surface area contributed by atoms with Gasteiger partial charge < -0.3 is 14.8 Å². The molecule has 0 aliphatic heterocycles. The molecule has 2 aliphatic rings. The molecule has 5 nitrogen and oxygen atoms in total. The molecular formula is C23H43NO4. The van der Waals surface area contributed by atoms with E-state index in [1.165, 1.54) is 25.7 Å². The Morgan fingerprint density at radius 1 is 1.00 bits per heavy atom. The third-order valence-electron chi connectivity index (χ3n) is 6.50. The van der Waals surface area contributed by atoms with Crippen molar-refractivity contribution < 1.29 is 20.5 Å². The summed E-state index contributed by atoms with van der Waals surface area (Å²) in [6.45, 7) is 9.24. The van der Waals surface area contributed by atoms with E-state index in [1.807, 2.05) is 13.8 Å². The van der Waals surface area contributed by atoms with Crippen molar-refractivity contribution in [2.75, 3.05) is 26.4 Å². The van der Waals surface area contributed by atoms with Gasteiger partial charge in [0.05, 0.1) is 6.61 Å². The summed E-state index contributed by atoms with van der Waals surface area (Å²) in [4.78, 5) is 24.1. The van der Waals surface area contributed by atoms with Crippen molar-refractivity contribution in [2.24, 2.45) is 23.7 Å². The third-order valence-corrected chi connectivity index (χ3v) is 6.50. The van der Waals surface area contributed by atoms with Crippen LogP contribution in [0.15, 0.2) is 0 Å². The second-order valence-electron chi connectivity index (χ2n) is 8.93. The summed E-state index contributed by atoms with van der Waals surface area (Å²) in [6, 6.07) is 0.177. The van der Waals surface area contributed by atoms with Crippen molar-refractivity contribution in [3.05, 3.63) is 0 Å². The van der Waals surface area contributed by atoms with Gasteiger partial charge in [-0.05, 0) is 63.2 Å². The van der Waals surface area contributed by atoms with E-state index in [9.17, 15) is 9.59 Å².